The van der Waals surface area contributed by atoms with Gasteiger partial charge >= 0.3 is 0 Å². The van der Waals surface area contributed by atoms with Crippen molar-refractivity contribution in [3.8, 4) is 5.75 Å². The fourth-order valence-corrected chi connectivity index (χ4v) is 2.78. The van der Waals surface area contributed by atoms with E-state index in [2.05, 4.69) is 40.8 Å². The molecule has 1 aromatic heterocycles. The molecule has 1 N–H and O–H groups in total. The second-order valence-corrected chi connectivity index (χ2v) is 5.02. The molecule has 0 bridgehead atoms. The van der Waals surface area contributed by atoms with Gasteiger partial charge in [-0.3, -0.25) is 0 Å². The Morgan fingerprint density at radius 3 is 2.62 bits per heavy atom. The van der Waals surface area contributed by atoms with Gasteiger partial charge in [0.05, 0.1) is 7.11 Å². The van der Waals surface area contributed by atoms with Gasteiger partial charge in [0.15, 0.2) is 0 Å². The molecule has 0 unspecified atom stereocenters. The van der Waals surface area contributed by atoms with E-state index in [4.69, 9.17) is 4.74 Å². The van der Waals surface area contributed by atoms with E-state index in [9.17, 15) is 0 Å². The molecule has 1 aliphatic heterocycles. The van der Waals surface area contributed by atoms with Crippen molar-refractivity contribution in [2.75, 3.05) is 33.0 Å². The molecule has 0 amide bonds. The smallest absolute Gasteiger partial charge is 0.119 e. The van der Waals surface area contributed by atoms with Crippen molar-refractivity contribution in [2.24, 2.45) is 0 Å². The van der Waals surface area contributed by atoms with Crippen molar-refractivity contribution in [2.45, 2.75) is 19.3 Å². The normalized spacial score (nSPS) is 14.4. The van der Waals surface area contributed by atoms with Gasteiger partial charge in [-0.15, -0.1) is 0 Å². The van der Waals surface area contributed by atoms with Gasteiger partial charge in [0.2, 0.25) is 0 Å². The summed E-state index contributed by atoms with van der Waals surface area (Å²) in [5.74, 6) is 0.935. The van der Waals surface area contributed by atoms with Gasteiger partial charge in [-0.05, 0) is 56.1 Å². The maximum absolute atomic E-state index is 5.30. The molecule has 1 radical (unpaired) electrons. The van der Waals surface area contributed by atoms with Gasteiger partial charge in [-0.1, -0.05) is 0 Å². The largest absolute Gasteiger partial charge is 0.796 e. The molecule has 0 atom stereocenters. The van der Waals surface area contributed by atoms with Gasteiger partial charge in [-0.2, -0.15) is 6.26 Å². The van der Waals surface area contributed by atoms with Crippen LogP contribution in [0.15, 0.2) is 24.4 Å². The van der Waals surface area contributed by atoms with Crippen molar-refractivity contribution in [1.82, 2.24) is 9.88 Å². The first-order valence-electron chi connectivity index (χ1n) is 7.14. The van der Waals surface area contributed by atoms with Gasteiger partial charge in [0.25, 0.3) is 0 Å². The predicted octanol–water partition coefficient (Wildman–Crippen LogP) is 2.98. The number of hydrogen-bond donors (Lipinski definition) is 1. The third kappa shape index (κ3) is 4.75. The van der Waals surface area contributed by atoms with E-state index in [0.29, 0.717) is 0 Å². The number of aromatic amines is 1. The van der Waals surface area contributed by atoms with E-state index in [0.717, 1.165) is 12.2 Å². The average Bonchev–Trinajstić information content (AvgIpc) is 3.16. The van der Waals surface area contributed by atoms with Crippen LogP contribution in [0.2, 0.25) is 0 Å². The molecule has 3 rings (SSSR count). The van der Waals surface area contributed by atoms with Crippen molar-refractivity contribution in [3.05, 3.63) is 30.0 Å². The number of hydrogen-bond acceptors (Lipinski definition) is 3. The number of benzene rings is 1. The summed E-state index contributed by atoms with van der Waals surface area (Å²) in [6, 6.07) is 6.22. The summed E-state index contributed by atoms with van der Waals surface area (Å²) in [6.07, 6.45) is 7.57. The van der Waals surface area contributed by atoms with Crippen LogP contribution in [0, 0.1) is 0 Å². The molecular formula is C16H23IrN2OS-. The summed E-state index contributed by atoms with van der Waals surface area (Å²) in [6.45, 7) is 3.71. The molecule has 2 heterocycles. The first kappa shape index (κ1) is 18.6. The third-order valence-electron chi connectivity index (χ3n) is 3.87. The monoisotopic (exact) mass is 484 g/mol. The number of nitrogens with one attached hydrogen (secondary N) is 1. The zero-order valence-electron chi connectivity index (χ0n) is 12.6. The summed E-state index contributed by atoms with van der Waals surface area (Å²) in [7, 11) is 1.72. The molecule has 3 nitrogen and oxygen atoms in total. The topological polar surface area (TPSA) is 28.3 Å². The zero-order chi connectivity index (χ0) is 14.4. The number of rotatable bonds is 4. The first-order chi connectivity index (χ1) is 9.86. The van der Waals surface area contributed by atoms with Crippen LogP contribution in [0.4, 0.5) is 0 Å². The Labute approximate surface area is 146 Å². The van der Waals surface area contributed by atoms with Crippen molar-refractivity contribution in [1.29, 1.82) is 0 Å². The van der Waals surface area contributed by atoms with E-state index in [1.165, 1.54) is 48.9 Å². The van der Waals surface area contributed by atoms with Crippen molar-refractivity contribution >= 4 is 23.5 Å². The molecule has 0 aliphatic carbocycles. The Kier molecular flexibility index (Phi) is 8.42. The second-order valence-electron chi connectivity index (χ2n) is 5.02. The number of ether oxygens (including phenoxy) is 1. The third-order valence-corrected chi connectivity index (χ3v) is 3.87. The van der Waals surface area contributed by atoms with E-state index in [1.807, 2.05) is 6.07 Å². The van der Waals surface area contributed by atoms with E-state index >= 15 is 0 Å². The molecule has 119 valence electrons. The standard InChI is InChI=1S/C15H20N2O.CH4S.Ir/c1-18-13-4-5-15-14(10-13)12(11-16-15)6-9-17-7-2-3-8-17;1-2;/h4-5,10-11,16H,2-3,6-9H2,1H3;2H,1H3;/p-1. The average molecular weight is 484 g/mol. The Morgan fingerprint density at radius 2 is 1.95 bits per heavy atom. The van der Waals surface area contributed by atoms with E-state index in [1.54, 1.807) is 13.4 Å². The predicted molar refractivity (Wildman–Crippen MR) is 87.5 cm³/mol. The minimum atomic E-state index is 0. The number of likely N-dealkylation sites (tertiary alicyclic amines) is 1. The van der Waals surface area contributed by atoms with Crippen LogP contribution < -0.4 is 4.74 Å². The van der Waals surface area contributed by atoms with E-state index in [-0.39, 0.29) is 20.1 Å². The van der Waals surface area contributed by atoms with Crippen LogP contribution in [-0.2, 0) is 39.2 Å². The van der Waals surface area contributed by atoms with Crippen LogP contribution in [0.1, 0.15) is 18.4 Å². The Morgan fingerprint density at radius 1 is 1.24 bits per heavy atom. The molecule has 2 aromatic rings. The maximum atomic E-state index is 5.30. The number of nitrogens with zero attached hydrogens (tertiary/aromatic N) is 1. The van der Waals surface area contributed by atoms with Crippen LogP contribution in [0.5, 0.6) is 5.75 Å². The molecule has 1 fully saturated rings. The molecule has 5 heteroatoms. The zero-order valence-corrected chi connectivity index (χ0v) is 15.9. The molecule has 1 aliphatic rings. The quantitative estimate of drug-likeness (QED) is 0.678. The minimum Gasteiger partial charge on any atom is -0.796 e. The fraction of sp³-hybridized carbons (Fsp3) is 0.500. The molecule has 1 saturated heterocycles. The van der Waals surface area contributed by atoms with Gasteiger partial charge in [-0.25, -0.2) is 0 Å². The molecular weight excluding hydrogens is 460 g/mol. The Bertz CT molecular complexity index is 538. The molecule has 0 spiro atoms. The number of methoxy groups -OCH3 is 1. The number of H-pyrrole nitrogens is 1. The van der Waals surface area contributed by atoms with Crippen molar-refractivity contribution < 1.29 is 24.8 Å². The van der Waals surface area contributed by atoms with Gasteiger partial charge in [0, 0.05) is 43.7 Å². The Hall–Kier alpha value is -0.481. The SMILES string of the molecule is COc1ccc2[nH]cc(CCN3CCCC3)c2c1.C[S-].[Ir]. The Balaban J connectivity index is 0.000000706. The van der Waals surface area contributed by atoms with Crippen LogP contribution in [0.25, 0.3) is 10.9 Å². The molecule has 21 heavy (non-hydrogen) atoms. The summed E-state index contributed by atoms with van der Waals surface area (Å²) in [5, 5.41) is 1.30. The molecule has 0 saturated carbocycles. The number of fused-ring (bicyclic) bond motifs is 1. The van der Waals surface area contributed by atoms with Gasteiger partial charge in [0.1, 0.15) is 5.75 Å². The first-order valence-corrected chi connectivity index (χ1v) is 7.95. The van der Waals surface area contributed by atoms with Crippen LogP contribution in [0.3, 0.4) is 0 Å². The fourth-order valence-electron chi connectivity index (χ4n) is 2.78. The summed E-state index contributed by atoms with van der Waals surface area (Å²) in [5.41, 5.74) is 2.60. The summed E-state index contributed by atoms with van der Waals surface area (Å²) < 4.78 is 5.30. The van der Waals surface area contributed by atoms with Crippen molar-refractivity contribution in [3.63, 3.8) is 0 Å². The van der Waals surface area contributed by atoms with Gasteiger partial charge < -0.3 is 27.2 Å². The summed E-state index contributed by atoms with van der Waals surface area (Å²) >= 11 is 4.08. The summed E-state index contributed by atoms with van der Waals surface area (Å²) in [4.78, 5) is 5.90. The number of aromatic nitrogens is 1. The molecule has 1 aromatic carbocycles. The minimum absolute atomic E-state index is 0. The van der Waals surface area contributed by atoms with Crippen LogP contribution in [-0.4, -0.2) is 42.9 Å². The maximum Gasteiger partial charge on any atom is 0.119 e. The van der Waals surface area contributed by atoms with Crippen LogP contribution >= 0.6 is 0 Å². The second kappa shape index (κ2) is 9.52. The van der Waals surface area contributed by atoms with E-state index < -0.39 is 0 Å².